The molecule has 1 heterocycles. The lowest BCUT2D eigenvalue weighted by Gasteiger charge is -2.36. The van der Waals surface area contributed by atoms with Crippen LogP contribution in [0.4, 0.5) is 4.39 Å². The minimum absolute atomic E-state index is 0.298. The quantitative estimate of drug-likeness (QED) is 0.622. The number of nitrogens with zero attached hydrogens (tertiary/aromatic N) is 2. The smallest absolute Gasteiger partial charge is 0.169 e. The first-order valence-corrected chi connectivity index (χ1v) is 8.57. The molecule has 1 aromatic carbocycles. The maximum atomic E-state index is 13.1. The van der Waals surface area contributed by atoms with Crippen molar-refractivity contribution in [2.24, 2.45) is 0 Å². The van der Waals surface area contributed by atoms with E-state index < -0.39 is 0 Å². The summed E-state index contributed by atoms with van der Waals surface area (Å²) in [5.41, 5.74) is 0.960. The molecule has 0 spiro atoms. The number of halogens is 2. The van der Waals surface area contributed by atoms with Gasteiger partial charge in [-0.3, -0.25) is 4.90 Å². The van der Waals surface area contributed by atoms with Crippen molar-refractivity contribution in [2.45, 2.75) is 13.0 Å². The molecule has 128 valence electrons. The van der Waals surface area contributed by atoms with Gasteiger partial charge in [-0.05, 0) is 36.3 Å². The van der Waals surface area contributed by atoms with Gasteiger partial charge in [0, 0.05) is 58.0 Å². The van der Waals surface area contributed by atoms with E-state index in [4.69, 9.17) is 28.6 Å². The van der Waals surface area contributed by atoms with Gasteiger partial charge in [0.15, 0.2) is 5.11 Å². The molecular weight excluding hydrogens is 337 g/mol. The summed E-state index contributed by atoms with van der Waals surface area (Å²) in [6, 6.07) is 4.58. The minimum Gasteiger partial charge on any atom is -0.385 e. The average Bonchev–Trinajstić information content (AvgIpc) is 2.55. The van der Waals surface area contributed by atoms with Gasteiger partial charge in [0.05, 0.1) is 0 Å². The Bertz CT molecular complexity index is 524. The van der Waals surface area contributed by atoms with Crippen LogP contribution < -0.4 is 5.32 Å². The number of thiocarbonyl (C=S) groups is 1. The number of nitrogens with one attached hydrogen (secondary N) is 1. The number of piperazine rings is 1. The third-order valence-electron chi connectivity index (χ3n) is 3.87. The van der Waals surface area contributed by atoms with Gasteiger partial charge in [-0.15, -0.1) is 0 Å². The molecule has 0 aliphatic carbocycles. The van der Waals surface area contributed by atoms with Crippen LogP contribution in [-0.4, -0.2) is 61.4 Å². The van der Waals surface area contributed by atoms with Crippen LogP contribution in [0.1, 0.15) is 12.0 Å². The second-order valence-corrected chi connectivity index (χ2v) is 6.37. The van der Waals surface area contributed by atoms with E-state index in [0.29, 0.717) is 5.02 Å². The molecule has 1 aliphatic rings. The molecule has 0 bridgehead atoms. The fourth-order valence-electron chi connectivity index (χ4n) is 2.52. The summed E-state index contributed by atoms with van der Waals surface area (Å²) in [5.74, 6) is -0.298. The standard InChI is InChI=1S/C16H23ClFN3OS/c1-22-10-2-5-19-16(23)21-8-6-20(7-9-21)12-13-3-4-14(18)11-15(13)17/h3-4,11H,2,5-10,12H2,1H3,(H,19,23). The molecule has 7 heteroatoms. The number of ether oxygens (including phenoxy) is 1. The van der Waals surface area contributed by atoms with Crippen molar-refractivity contribution < 1.29 is 9.13 Å². The molecule has 1 saturated heterocycles. The number of hydrogen-bond donors (Lipinski definition) is 1. The van der Waals surface area contributed by atoms with Gasteiger partial charge in [-0.25, -0.2) is 4.39 Å². The Balaban J connectivity index is 1.74. The van der Waals surface area contributed by atoms with E-state index in [1.165, 1.54) is 12.1 Å². The third kappa shape index (κ3) is 5.88. The highest BCUT2D eigenvalue weighted by Gasteiger charge is 2.19. The zero-order valence-electron chi connectivity index (χ0n) is 13.4. The SMILES string of the molecule is COCCCNC(=S)N1CCN(Cc2ccc(F)cc2Cl)CC1. The number of hydrogen-bond acceptors (Lipinski definition) is 3. The second kappa shape index (κ2) is 9.37. The van der Waals surface area contributed by atoms with Crippen LogP contribution >= 0.6 is 23.8 Å². The summed E-state index contributed by atoms with van der Waals surface area (Å²) in [6.45, 7) is 5.89. The van der Waals surface area contributed by atoms with E-state index in [1.807, 2.05) is 0 Å². The highest BCUT2D eigenvalue weighted by Crippen LogP contribution is 2.19. The lowest BCUT2D eigenvalue weighted by molar-refractivity contribution is 0.173. The molecule has 1 fully saturated rings. The fourth-order valence-corrected chi connectivity index (χ4v) is 3.04. The summed E-state index contributed by atoms with van der Waals surface area (Å²) in [6.07, 6.45) is 0.944. The largest absolute Gasteiger partial charge is 0.385 e. The van der Waals surface area contributed by atoms with E-state index >= 15 is 0 Å². The number of benzene rings is 1. The first-order chi connectivity index (χ1) is 11.1. The Hall–Kier alpha value is -0.950. The number of methoxy groups -OCH3 is 1. The van der Waals surface area contributed by atoms with Crippen LogP contribution in [0.15, 0.2) is 18.2 Å². The van der Waals surface area contributed by atoms with Crippen molar-refractivity contribution in [3.63, 3.8) is 0 Å². The van der Waals surface area contributed by atoms with Gasteiger partial charge in [0.25, 0.3) is 0 Å². The Morgan fingerprint density at radius 2 is 2.09 bits per heavy atom. The van der Waals surface area contributed by atoms with Gasteiger partial charge in [0.1, 0.15) is 5.82 Å². The maximum absolute atomic E-state index is 13.1. The first kappa shape index (κ1) is 18.4. The van der Waals surface area contributed by atoms with Crippen molar-refractivity contribution in [2.75, 3.05) is 46.4 Å². The number of rotatable bonds is 6. The van der Waals surface area contributed by atoms with E-state index in [-0.39, 0.29) is 5.82 Å². The molecule has 4 nitrogen and oxygen atoms in total. The van der Waals surface area contributed by atoms with E-state index in [1.54, 1.807) is 13.2 Å². The van der Waals surface area contributed by atoms with Crippen LogP contribution in [0.3, 0.4) is 0 Å². The zero-order valence-corrected chi connectivity index (χ0v) is 14.9. The van der Waals surface area contributed by atoms with Crippen LogP contribution in [0.5, 0.6) is 0 Å². The molecule has 23 heavy (non-hydrogen) atoms. The zero-order chi connectivity index (χ0) is 16.7. The van der Waals surface area contributed by atoms with Crippen molar-refractivity contribution in [1.82, 2.24) is 15.1 Å². The van der Waals surface area contributed by atoms with Gasteiger partial charge in [-0.1, -0.05) is 17.7 Å². The molecule has 0 saturated carbocycles. The van der Waals surface area contributed by atoms with Crippen LogP contribution in [-0.2, 0) is 11.3 Å². The van der Waals surface area contributed by atoms with Crippen LogP contribution in [0.2, 0.25) is 5.02 Å². The fraction of sp³-hybridized carbons (Fsp3) is 0.562. The highest BCUT2D eigenvalue weighted by molar-refractivity contribution is 7.80. The predicted molar refractivity (Wildman–Crippen MR) is 95.4 cm³/mol. The normalized spacial score (nSPS) is 15.7. The summed E-state index contributed by atoms with van der Waals surface area (Å²) in [7, 11) is 1.70. The van der Waals surface area contributed by atoms with Gasteiger partial charge >= 0.3 is 0 Å². The lowest BCUT2D eigenvalue weighted by atomic mass is 10.2. The average molecular weight is 360 g/mol. The first-order valence-electron chi connectivity index (χ1n) is 7.78. The summed E-state index contributed by atoms with van der Waals surface area (Å²) in [4.78, 5) is 4.49. The maximum Gasteiger partial charge on any atom is 0.169 e. The van der Waals surface area contributed by atoms with Crippen LogP contribution in [0.25, 0.3) is 0 Å². The molecular formula is C16H23ClFN3OS. The summed E-state index contributed by atoms with van der Waals surface area (Å²) >= 11 is 11.5. The predicted octanol–water partition coefficient (Wildman–Crippen LogP) is 2.51. The molecule has 0 aromatic heterocycles. The van der Waals surface area contributed by atoms with E-state index in [2.05, 4.69) is 15.1 Å². The molecule has 1 N–H and O–H groups in total. The summed E-state index contributed by atoms with van der Waals surface area (Å²) in [5, 5.41) is 4.56. The molecule has 0 unspecified atom stereocenters. The molecule has 0 atom stereocenters. The Morgan fingerprint density at radius 1 is 1.35 bits per heavy atom. The van der Waals surface area contributed by atoms with Crippen molar-refractivity contribution in [1.29, 1.82) is 0 Å². The van der Waals surface area contributed by atoms with Gasteiger partial charge < -0.3 is 15.0 Å². The Labute approximate surface area is 147 Å². The van der Waals surface area contributed by atoms with Gasteiger partial charge in [-0.2, -0.15) is 0 Å². The minimum atomic E-state index is -0.298. The van der Waals surface area contributed by atoms with Gasteiger partial charge in [0.2, 0.25) is 0 Å². The van der Waals surface area contributed by atoms with Crippen molar-refractivity contribution >= 4 is 28.9 Å². The van der Waals surface area contributed by atoms with Crippen LogP contribution in [0, 0.1) is 5.82 Å². The monoisotopic (exact) mass is 359 g/mol. The molecule has 0 amide bonds. The second-order valence-electron chi connectivity index (χ2n) is 5.58. The Morgan fingerprint density at radius 3 is 2.74 bits per heavy atom. The molecule has 0 radical (unpaired) electrons. The molecule has 2 rings (SSSR count). The summed E-state index contributed by atoms with van der Waals surface area (Å²) < 4.78 is 18.1. The topological polar surface area (TPSA) is 27.7 Å². The third-order valence-corrected chi connectivity index (χ3v) is 4.62. The van der Waals surface area contributed by atoms with E-state index in [0.717, 1.165) is 63.0 Å². The Kier molecular flexibility index (Phi) is 7.49. The molecule has 1 aliphatic heterocycles. The van der Waals surface area contributed by atoms with E-state index in [9.17, 15) is 4.39 Å². The lowest BCUT2D eigenvalue weighted by Crippen LogP contribution is -2.51. The highest BCUT2D eigenvalue weighted by atomic mass is 35.5. The van der Waals surface area contributed by atoms with Crippen molar-refractivity contribution in [3.05, 3.63) is 34.6 Å². The van der Waals surface area contributed by atoms with Crippen molar-refractivity contribution in [3.8, 4) is 0 Å². The molecule has 1 aromatic rings.